The minimum atomic E-state index is -0.802. The Morgan fingerprint density at radius 1 is 0.958 bits per heavy atom. The van der Waals surface area contributed by atoms with Gasteiger partial charge >= 0.3 is 5.97 Å². The Morgan fingerprint density at radius 2 is 1.62 bits per heavy atom. The van der Waals surface area contributed by atoms with Crippen LogP contribution in [0.25, 0.3) is 0 Å². The molecular weight excluding hydrogens is 302 g/mol. The van der Waals surface area contributed by atoms with Gasteiger partial charge in [-0.3, -0.25) is 9.59 Å². The van der Waals surface area contributed by atoms with Crippen LogP contribution in [-0.2, 0) is 22.4 Å². The van der Waals surface area contributed by atoms with E-state index in [1.807, 2.05) is 42.5 Å². The number of benzene rings is 2. The second-order valence-corrected chi connectivity index (χ2v) is 6.49. The first-order valence-electron chi connectivity index (χ1n) is 8.24. The molecule has 1 fully saturated rings. The average Bonchev–Trinajstić information content (AvgIpc) is 3.36. The summed E-state index contributed by atoms with van der Waals surface area (Å²) in [5.74, 6) is -0.728. The smallest absolute Gasteiger partial charge is 0.303 e. The van der Waals surface area contributed by atoms with Crippen molar-refractivity contribution in [3.05, 3.63) is 65.7 Å². The maximum Gasteiger partial charge on any atom is 0.303 e. The number of carbonyl (C=O) groups is 2. The van der Waals surface area contributed by atoms with E-state index in [-0.39, 0.29) is 17.7 Å². The molecule has 124 valence electrons. The molecule has 0 aromatic heterocycles. The largest absolute Gasteiger partial charge is 0.481 e. The molecule has 2 N–H and O–H groups in total. The summed E-state index contributed by atoms with van der Waals surface area (Å²) in [5.41, 5.74) is 2.64. The zero-order chi connectivity index (χ0) is 17.0. The van der Waals surface area contributed by atoms with Crippen molar-refractivity contribution in [2.75, 3.05) is 5.32 Å². The Hall–Kier alpha value is -2.62. The molecule has 1 saturated carbocycles. The van der Waals surface area contributed by atoms with E-state index in [9.17, 15) is 9.59 Å². The third-order valence-corrected chi connectivity index (χ3v) is 4.56. The molecule has 3 rings (SSSR count). The summed E-state index contributed by atoms with van der Waals surface area (Å²) in [4.78, 5) is 23.2. The van der Waals surface area contributed by atoms with E-state index in [4.69, 9.17) is 5.11 Å². The van der Waals surface area contributed by atoms with Gasteiger partial charge in [0.25, 0.3) is 0 Å². The lowest BCUT2D eigenvalue weighted by molar-refractivity contribution is -0.137. The number of aliphatic carboxylic acids is 1. The van der Waals surface area contributed by atoms with E-state index < -0.39 is 5.97 Å². The van der Waals surface area contributed by atoms with Crippen LogP contribution in [0.3, 0.4) is 0 Å². The molecule has 0 radical (unpaired) electrons. The number of nitrogens with one attached hydrogen (secondary N) is 1. The zero-order valence-corrected chi connectivity index (χ0v) is 13.5. The van der Waals surface area contributed by atoms with Crippen molar-refractivity contribution in [2.45, 2.75) is 32.1 Å². The molecule has 0 unspecified atom stereocenters. The number of rotatable bonds is 7. The molecule has 2 aromatic carbocycles. The Balaban J connectivity index is 1.59. The molecule has 0 atom stereocenters. The quantitative estimate of drug-likeness (QED) is 0.817. The molecule has 0 saturated heterocycles. The summed E-state index contributed by atoms with van der Waals surface area (Å²) < 4.78 is 0. The first-order chi connectivity index (χ1) is 11.6. The van der Waals surface area contributed by atoms with Crippen molar-refractivity contribution in [1.82, 2.24) is 0 Å². The van der Waals surface area contributed by atoms with E-state index in [0.29, 0.717) is 6.42 Å². The number of anilines is 1. The van der Waals surface area contributed by atoms with Crippen LogP contribution in [0.2, 0.25) is 0 Å². The number of carboxylic acid groups (broad SMARTS) is 1. The molecule has 1 aliphatic carbocycles. The number of hydrogen-bond acceptors (Lipinski definition) is 2. The van der Waals surface area contributed by atoms with Gasteiger partial charge in [0.1, 0.15) is 0 Å². The molecule has 24 heavy (non-hydrogen) atoms. The normalized spacial score (nSPS) is 14.8. The molecular formula is C20H21NO3. The summed E-state index contributed by atoms with van der Waals surface area (Å²) in [6.07, 6.45) is 3.23. The summed E-state index contributed by atoms with van der Waals surface area (Å²) in [6, 6.07) is 17.5. The predicted octanol–water partition coefficient (Wildman–Crippen LogP) is 3.67. The van der Waals surface area contributed by atoms with Crippen molar-refractivity contribution in [1.29, 1.82) is 0 Å². The summed E-state index contributed by atoms with van der Waals surface area (Å²) >= 11 is 0. The molecule has 4 nitrogen and oxygen atoms in total. The van der Waals surface area contributed by atoms with Crippen molar-refractivity contribution in [3.63, 3.8) is 0 Å². The highest BCUT2D eigenvalue weighted by atomic mass is 16.4. The fourth-order valence-electron chi connectivity index (χ4n) is 2.89. The molecule has 1 amide bonds. The van der Waals surface area contributed by atoms with Gasteiger partial charge in [-0.2, -0.15) is 0 Å². The van der Waals surface area contributed by atoms with Crippen LogP contribution in [0.4, 0.5) is 5.69 Å². The summed E-state index contributed by atoms with van der Waals surface area (Å²) in [5, 5.41) is 11.7. The molecule has 0 bridgehead atoms. The average molecular weight is 323 g/mol. The number of carbonyl (C=O) groups excluding carboxylic acids is 1. The molecule has 0 heterocycles. The summed E-state index contributed by atoms with van der Waals surface area (Å²) in [7, 11) is 0. The van der Waals surface area contributed by atoms with Crippen LogP contribution in [0, 0.1) is 5.41 Å². The third-order valence-electron chi connectivity index (χ3n) is 4.56. The topological polar surface area (TPSA) is 66.4 Å². The van der Waals surface area contributed by atoms with E-state index in [0.717, 1.165) is 30.5 Å². The van der Waals surface area contributed by atoms with E-state index >= 15 is 0 Å². The second-order valence-electron chi connectivity index (χ2n) is 6.49. The first kappa shape index (κ1) is 16.2. The van der Waals surface area contributed by atoms with E-state index in [2.05, 4.69) is 17.4 Å². The Bertz CT molecular complexity index is 718. The molecule has 4 heteroatoms. The molecule has 0 spiro atoms. The lowest BCUT2D eigenvalue weighted by Crippen LogP contribution is -2.26. The molecule has 2 aromatic rings. The summed E-state index contributed by atoms with van der Waals surface area (Å²) in [6.45, 7) is 0. The highest BCUT2D eigenvalue weighted by Crippen LogP contribution is 2.49. The van der Waals surface area contributed by atoms with Crippen molar-refractivity contribution >= 4 is 17.6 Å². The van der Waals surface area contributed by atoms with Crippen LogP contribution in [0.1, 0.15) is 30.4 Å². The van der Waals surface area contributed by atoms with E-state index in [1.54, 1.807) is 0 Å². The fraction of sp³-hybridized carbons (Fsp3) is 0.300. The maximum absolute atomic E-state index is 12.6. The minimum Gasteiger partial charge on any atom is -0.481 e. The van der Waals surface area contributed by atoms with Crippen LogP contribution < -0.4 is 5.32 Å². The van der Waals surface area contributed by atoms with Crippen LogP contribution in [-0.4, -0.2) is 17.0 Å². The Labute approximate surface area is 141 Å². The highest BCUT2D eigenvalue weighted by molar-refractivity contribution is 5.97. The van der Waals surface area contributed by atoms with Gasteiger partial charge in [-0.25, -0.2) is 0 Å². The molecule has 0 aliphatic heterocycles. The second kappa shape index (κ2) is 6.87. The van der Waals surface area contributed by atoms with Crippen LogP contribution >= 0.6 is 0 Å². The van der Waals surface area contributed by atoms with E-state index in [1.165, 1.54) is 5.56 Å². The van der Waals surface area contributed by atoms with Gasteiger partial charge in [0.15, 0.2) is 0 Å². The minimum absolute atomic E-state index is 0.0737. The van der Waals surface area contributed by atoms with Gasteiger partial charge in [-0.05, 0) is 48.9 Å². The maximum atomic E-state index is 12.6. The van der Waals surface area contributed by atoms with Gasteiger partial charge in [-0.1, -0.05) is 42.5 Å². The standard InChI is InChI=1S/C20H21NO3/c22-18(23)11-8-15-6-9-17(10-7-15)21-19(24)20(12-13-20)14-16-4-2-1-3-5-16/h1-7,9-10H,8,11-14H2,(H,21,24)(H,22,23). The van der Waals surface area contributed by atoms with Gasteiger partial charge in [0, 0.05) is 12.1 Å². The lowest BCUT2D eigenvalue weighted by Gasteiger charge is -2.15. The third kappa shape index (κ3) is 4.02. The lowest BCUT2D eigenvalue weighted by atomic mass is 9.95. The molecule has 1 aliphatic rings. The van der Waals surface area contributed by atoms with Gasteiger partial charge < -0.3 is 10.4 Å². The monoisotopic (exact) mass is 323 g/mol. The van der Waals surface area contributed by atoms with Gasteiger partial charge in [0.2, 0.25) is 5.91 Å². The number of hydrogen-bond donors (Lipinski definition) is 2. The number of carboxylic acids is 1. The predicted molar refractivity (Wildman–Crippen MR) is 92.8 cm³/mol. The highest BCUT2D eigenvalue weighted by Gasteiger charge is 2.49. The zero-order valence-electron chi connectivity index (χ0n) is 13.5. The van der Waals surface area contributed by atoms with Gasteiger partial charge in [-0.15, -0.1) is 0 Å². The number of amides is 1. The SMILES string of the molecule is O=C(O)CCc1ccc(NC(=O)C2(Cc3ccccc3)CC2)cc1. The Morgan fingerprint density at radius 3 is 2.21 bits per heavy atom. The van der Waals surface area contributed by atoms with Crippen LogP contribution in [0.5, 0.6) is 0 Å². The van der Waals surface area contributed by atoms with Crippen LogP contribution in [0.15, 0.2) is 54.6 Å². The van der Waals surface area contributed by atoms with Gasteiger partial charge in [0.05, 0.1) is 5.41 Å². The fourth-order valence-corrected chi connectivity index (χ4v) is 2.89. The Kier molecular flexibility index (Phi) is 4.65. The van der Waals surface area contributed by atoms with Crippen molar-refractivity contribution in [2.24, 2.45) is 5.41 Å². The first-order valence-corrected chi connectivity index (χ1v) is 8.24. The number of aryl methyl sites for hydroxylation is 1. The van der Waals surface area contributed by atoms with Crippen molar-refractivity contribution < 1.29 is 14.7 Å². The van der Waals surface area contributed by atoms with Crippen molar-refractivity contribution in [3.8, 4) is 0 Å².